The number of nitrogens with zero attached hydrogens (tertiary/aromatic N) is 1. The molecule has 4 heteroatoms. The van der Waals surface area contributed by atoms with Crippen molar-refractivity contribution in [1.82, 2.24) is 4.57 Å². The van der Waals surface area contributed by atoms with Crippen molar-refractivity contribution in [2.75, 3.05) is 0 Å². The van der Waals surface area contributed by atoms with Gasteiger partial charge in [-0.2, -0.15) is 30.3 Å². The summed E-state index contributed by atoms with van der Waals surface area (Å²) in [6.45, 7) is 4.37. The molecule has 6 rings (SSSR count). The van der Waals surface area contributed by atoms with Crippen molar-refractivity contribution in [3.8, 4) is 16.9 Å². The first kappa shape index (κ1) is 29.7. The number of aliphatic hydroxyl groups excluding tert-OH is 2. The Balaban J connectivity index is 0.000000181. The van der Waals surface area contributed by atoms with Crippen LogP contribution in [-0.4, -0.2) is 27.0 Å². The molecule has 0 bridgehead atoms. The minimum absolute atomic E-state index is 0. The molecule has 2 fully saturated rings. The fraction of sp³-hybridized carbons (Fsp3) is 0.429. The largest absolute Gasteiger partial charge is 0.409 e. The number of fused-ring (bicyclic) bond motifs is 2. The van der Waals surface area contributed by atoms with E-state index < -0.39 is 0 Å². The topological polar surface area (TPSA) is 45.4 Å². The second-order valence-electron chi connectivity index (χ2n) is 11.2. The van der Waals surface area contributed by atoms with Crippen LogP contribution in [0.2, 0.25) is 0 Å². The average molecular weight is 700 g/mol. The number of hydrogen-bond donors (Lipinski definition) is 2. The molecule has 2 N–H and O–H groups in total. The van der Waals surface area contributed by atoms with E-state index in [1.807, 2.05) is 30.3 Å². The van der Waals surface area contributed by atoms with Crippen LogP contribution in [0.15, 0.2) is 78.9 Å². The molecule has 2 aliphatic carbocycles. The van der Waals surface area contributed by atoms with Gasteiger partial charge in [-0.3, -0.25) is 0 Å². The maximum atomic E-state index is 10.5. The van der Waals surface area contributed by atoms with Gasteiger partial charge >= 0.3 is 0 Å². The Bertz CT molecular complexity index is 1280. The number of hydrogen-bond acceptors (Lipinski definition) is 2. The smallest absolute Gasteiger partial charge is 0.0624 e. The third-order valence-electron chi connectivity index (χ3n) is 8.73. The van der Waals surface area contributed by atoms with Crippen LogP contribution in [0, 0.1) is 35.8 Å². The van der Waals surface area contributed by atoms with E-state index in [0.717, 1.165) is 60.0 Å². The van der Waals surface area contributed by atoms with Gasteiger partial charge in [0.25, 0.3) is 0 Å². The summed E-state index contributed by atoms with van der Waals surface area (Å²) in [5.74, 6) is 1.66. The minimum atomic E-state index is -0.245. The minimum Gasteiger partial charge on any atom is -0.409 e. The van der Waals surface area contributed by atoms with Crippen LogP contribution in [0.3, 0.4) is 0 Å². The second-order valence-corrected chi connectivity index (χ2v) is 11.2. The van der Waals surface area contributed by atoms with Crippen LogP contribution >= 0.6 is 0 Å². The Morgan fingerprint density at radius 3 is 2.18 bits per heavy atom. The molecule has 0 amide bonds. The zero-order valence-electron chi connectivity index (χ0n) is 23.1. The first-order valence-corrected chi connectivity index (χ1v) is 14.5. The van der Waals surface area contributed by atoms with Gasteiger partial charge in [-0.1, -0.05) is 57.0 Å². The van der Waals surface area contributed by atoms with Crippen LogP contribution in [-0.2, 0) is 20.1 Å². The van der Waals surface area contributed by atoms with Crippen LogP contribution < -0.4 is 0 Å². The Morgan fingerprint density at radius 2 is 1.46 bits per heavy atom. The molecule has 0 spiro atoms. The third kappa shape index (κ3) is 6.41. The van der Waals surface area contributed by atoms with Gasteiger partial charge in [0.1, 0.15) is 0 Å². The predicted molar refractivity (Wildman–Crippen MR) is 156 cm³/mol. The Labute approximate surface area is 247 Å². The Kier molecular flexibility index (Phi) is 10.6. The maximum Gasteiger partial charge on any atom is 0.0624 e. The molecule has 1 radical (unpaired) electrons. The van der Waals surface area contributed by atoms with E-state index in [2.05, 4.69) is 79.1 Å². The zero-order valence-corrected chi connectivity index (χ0v) is 25.5. The van der Waals surface area contributed by atoms with E-state index >= 15 is 0 Å². The number of rotatable bonds is 6. The standard InChI is InChI=1S/C20H13N.C15H28O2.Ir/c1-3-9-16(10-4-1)20-15-17-11-7-8-14-19(17)21(20)18-12-5-2-6-13-18;1-3-5-10-7-8-11-9-12(6-4-2)15(17)13(11)14(10)16;/h1-9,11-14H;10-17H,3-9H2,1-2H3;/q-2;;/t;10-,11?,12-,13?,14?,15?;/m.0./s1. The Hall–Kier alpha value is -2.23. The van der Waals surface area contributed by atoms with Gasteiger partial charge in [-0.05, 0) is 67.5 Å². The van der Waals surface area contributed by atoms with E-state index in [9.17, 15) is 10.2 Å². The van der Waals surface area contributed by atoms with Gasteiger partial charge in [0, 0.05) is 31.7 Å². The van der Waals surface area contributed by atoms with Crippen molar-refractivity contribution in [1.29, 1.82) is 0 Å². The fourth-order valence-corrected chi connectivity index (χ4v) is 6.98. The molecular weight excluding hydrogens is 659 g/mol. The molecule has 1 heterocycles. The maximum absolute atomic E-state index is 10.5. The third-order valence-corrected chi connectivity index (χ3v) is 8.73. The van der Waals surface area contributed by atoms with Crippen molar-refractivity contribution < 1.29 is 30.3 Å². The summed E-state index contributed by atoms with van der Waals surface area (Å²) in [6, 6.07) is 33.6. The molecule has 2 saturated carbocycles. The molecule has 0 aliphatic heterocycles. The van der Waals surface area contributed by atoms with E-state index in [-0.39, 0.29) is 38.2 Å². The predicted octanol–water partition coefficient (Wildman–Crippen LogP) is 7.87. The molecule has 6 atom stereocenters. The van der Waals surface area contributed by atoms with E-state index in [1.165, 1.54) is 12.8 Å². The number of aliphatic hydroxyl groups is 2. The Morgan fingerprint density at radius 1 is 0.795 bits per heavy atom. The van der Waals surface area contributed by atoms with Gasteiger partial charge in [-0.15, -0.1) is 29.3 Å². The van der Waals surface area contributed by atoms with Gasteiger partial charge in [0.2, 0.25) is 0 Å². The normalized spacial score (nSPS) is 25.8. The van der Waals surface area contributed by atoms with Gasteiger partial charge in [-0.25, -0.2) is 5.56 Å². The monoisotopic (exact) mass is 700 g/mol. The summed E-state index contributed by atoms with van der Waals surface area (Å²) in [5, 5.41) is 22.0. The van der Waals surface area contributed by atoms with Crippen molar-refractivity contribution in [3.05, 3.63) is 91.0 Å². The van der Waals surface area contributed by atoms with Crippen LogP contribution in [0.1, 0.15) is 58.8 Å². The molecule has 3 nitrogen and oxygen atoms in total. The molecule has 3 aromatic carbocycles. The second kappa shape index (κ2) is 13.9. The summed E-state index contributed by atoms with van der Waals surface area (Å²) in [6.07, 6.45) is 7.60. The summed E-state index contributed by atoms with van der Waals surface area (Å²) in [5.41, 5.74) is 4.40. The summed E-state index contributed by atoms with van der Waals surface area (Å²) < 4.78 is 2.24. The molecule has 39 heavy (non-hydrogen) atoms. The first-order valence-electron chi connectivity index (χ1n) is 14.5. The molecular formula is C35H41IrNO2-2. The van der Waals surface area contributed by atoms with Gasteiger partial charge in [0.05, 0.1) is 12.2 Å². The van der Waals surface area contributed by atoms with Crippen molar-refractivity contribution in [3.63, 3.8) is 0 Å². The molecule has 2 aliphatic rings. The zero-order chi connectivity index (χ0) is 26.5. The van der Waals surface area contributed by atoms with Gasteiger partial charge < -0.3 is 14.8 Å². The number of benzene rings is 3. The first-order chi connectivity index (χ1) is 18.6. The van der Waals surface area contributed by atoms with Crippen LogP contribution in [0.4, 0.5) is 0 Å². The van der Waals surface area contributed by atoms with E-state index in [4.69, 9.17) is 0 Å². The van der Waals surface area contributed by atoms with Crippen molar-refractivity contribution in [2.24, 2.45) is 23.7 Å². The summed E-state index contributed by atoms with van der Waals surface area (Å²) in [7, 11) is 0. The summed E-state index contributed by atoms with van der Waals surface area (Å²) in [4.78, 5) is 0. The SMILES string of the molecule is CCC[C@H]1CCC2C[C@H](CCC)C(O)C2C1O.[Ir].[c-]1ccccc1-c1[c-]c2ccccc2n1-c1ccccc1. The van der Waals surface area contributed by atoms with Crippen molar-refractivity contribution in [2.45, 2.75) is 71.0 Å². The van der Waals surface area contributed by atoms with E-state index in [0.29, 0.717) is 17.8 Å². The van der Waals surface area contributed by atoms with Crippen LogP contribution in [0.5, 0.6) is 0 Å². The average Bonchev–Trinajstić information content (AvgIpc) is 3.50. The number of para-hydroxylation sites is 2. The van der Waals surface area contributed by atoms with E-state index in [1.54, 1.807) is 0 Å². The molecule has 1 aromatic heterocycles. The fourth-order valence-electron chi connectivity index (χ4n) is 6.98. The van der Waals surface area contributed by atoms with Crippen LogP contribution in [0.25, 0.3) is 27.8 Å². The quantitative estimate of drug-likeness (QED) is 0.201. The summed E-state index contributed by atoms with van der Waals surface area (Å²) >= 11 is 0. The molecule has 4 aromatic rings. The van der Waals surface area contributed by atoms with Crippen molar-refractivity contribution >= 4 is 10.9 Å². The van der Waals surface area contributed by atoms with Gasteiger partial charge in [0.15, 0.2) is 0 Å². The molecule has 4 unspecified atom stereocenters. The molecule has 209 valence electrons. The number of aromatic nitrogens is 1. The molecule has 0 saturated heterocycles.